The summed E-state index contributed by atoms with van der Waals surface area (Å²) in [6.07, 6.45) is 2.13. The molecule has 0 aliphatic heterocycles. The number of aldehydes is 1. The van der Waals surface area contributed by atoms with Crippen molar-refractivity contribution in [1.82, 2.24) is 5.43 Å². The molecular formula is C6H9N3O3. The van der Waals surface area contributed by atoms with Crippen LogP contribution in [-0.2, 0) is 0 Å². The summed E-state index contributed by atoms with van der Waals surface area (Å²) in [6.45, 7) is 0. The van der Waals surface area contributed by atoms with Gasteiger partial charge in [0, 0.05) is 0 Å². The molecule has 6 nitrogen and oxygen atoms in total. The van der Waals surface area contributed by atoms with Crippen LogP contribution in [0.1, 0.15) is 10.6 Å². The van der Waals surface area contributed by atoms with E-state index in [1.807, 2.05) is 0 Å². The van der Waals surface area contributed by atoms with Crippen LogP contribution in [0.3, 0.4) is 0 Å². The molecule has 0 aromatic carbocycles. The summed E-state index contributed by atoms with van der Waals surface area (Å²) in [4.78, 5) is 19.1. The summed E-state index contributed by atoms with van der Waals surface area (Å²) in [7, 11) is 0. The molecule has 1 aromatic heterocycles. The number of carbonyl (C=O) groups is 2. The first kappa shape index (κ1) is 10.2. The maximum atomic E-state index is 9.77. The molecule has 66 valence electrons. The Morgan fingerprint density at radius 3 is 2.42 bits per heavy atom. The number of furan rings is 1. The summed E-state index contributed by atoms with van der Waals surface area (Å²) in [5.41, 5.74) is 6.08. The number of urea groups is 1. The minimum atomic E-state index is -0.718. The highest BCUT2D eigenvalue weighted by Gasteiger charge is 1.84. The maximum absolute atomic E-state index is 9.77. The average molecular weight is 171 g/mol. The molecule has 0 saturated heterocycles. The van der Waals surface area contributed by atoms with E-state index in [1.165, 1.54) is 6.26 Å². The first-order chi connectivity index (χ1) is 5.70. The zero-order valence-corrected chi connectivity index (χ0v) is 6.19. The molecule has 0 radical (unpaired) electrons. The van der Waals surface area contributed by atoms with Crippen molar-refractivity contribution in [2.24, 2.45) is 11.6 Å². The zero-order chi connectivity index (χ0) is 9.40. The van der Waals surface area contributed by atoms with Crippen LogP contribution in [0.25, 0.3) is 0 Å². The van der Waals surface area contributed by atoms with E-state index in [0.717, 1.165) is 0 Å². The predicted octanol–water partition coefficient (Wildman–Crippen LogP) is -0.379. The molecule has 0 saturated carbocycles. The summed E-state index contributed by atoms with van der Waals surface area (Å²) < 4.78 is 4.61. The van der Waals surface area contributed by atoms with Gasteiger partial charge >= 0.3 is 6.03 Å². The van der Waals surface area contributed by atoms with Gasteiger partial charge < -0.3 is 10.2 Å². The fourth-order valence-corrected chi connectivity index (χ4v) is 0.358. The van der Waals surface area contributed by atoms with Gasteiger partial charge in [0.15, 0.2) is 12.0 Å². The van der Waals surface area contributed by atoms with Crippen molar-refractivity contribution < 1.29 is 14.0 Å². The molecule has 0 spiro atoms. The number of hydrazine groups is 1. The Bertz CT molecular complexity index is 232. The van der Waals surface area contributed by atoms with Gasteiger partial charge in [0.1, 0.15) is 0 Å². The monoisotopic (exact) mass is 171 g/mol. The Morgan fingerprint density at radius 2 is 2.25 bits per heavy atom. The smallest absolute Gasteiger partial charge is 0.326 e. The first-order valence-corrected chi connectivity index (χ1v) is 2.95. The largest absolute Gasteiger partial charge is 0.462 e. The molecular weight excluding hydrogens is 162 g/mol. The van der Waals surface area contributed by atoms with Crippen molar-refractivity contribution >= 4 is 12.3 Å². The molecule has 5 N–H and O–H groups in total. The number of hydrogen-bond donors (Lipinski definition) is 3. The van der Waals surface area contributed by atoms with Crippen LogP contribution in [0.4, 0.5) is 4.79 Å². The number of carbonyl (C=O) groups excluding carboxylic acids is 2. The summed E-state index contributed by atoms with van der Waals surface area (Å²) in [6, 6.07) is 2.56. The van der Waals surface area contributed by atoms with Gasteiger partial charge in [-0.05, 0) is 12.1 Å². The molecule has 0 atom stereocenters. The second-order valence-electron chi connectivity index (χ2n) is 1.64. The van der Waals surface area contributed by atoms with Crippen LogP contribution in [-0.4, -0.2) is 12.3 Å². The molecule has 0 unspecified atom stereocenters. The second-order valence-corrected chi connectivity index (χ2v) is 1.64. The standard InChI is InChI=1S/C5H4O2.CH5N3O/c6-4-5-2-1-3-7-5;2-1(5)4-3/h1-4H;3H2,(H3,2,4,5). The minimum Gasteiger partial charge on any atom is -0.462 e. The van der Waals surface area contributed by atoms with Crippen molar-refractivity contribution in [3.8, 4) is 0 Å². The lowest BCUT2D eigenvalue weighted by Gasteiger charge is -1.81. The molecule has 1 aromatic rings. The maximum Gasteiger partial charge on any atom is 0.326 e. The van der Waals surface area contributed by atoms with Gasteiger partial charge in [0.2, 0.25) is 0 Å². The molecule has 0 bridgehead atoms. The zero-order valence-electron chi connectivity index (χ0n) is 6.19. The van der Waals surface area contributed by atoms with E-state index in [2.05, 4.69) is 16.0 Å². The SMILES string of the molecule is NNC(N)=O.O=Cc1ccco1. The summed E-state index contributed by atoms with van der Waals surface area (Å²) >= 11 is 0. The van der Waals surface area contributed by atoms with Crippen molar-refractivity contribution in [1.29, 1.82) is 0 Å². The summed E-state index contributed by atoms with van der Waals surface area (Å²) in [5, 5.41) is 0. The lowest BCUT2D eigenvalue weighted by Crippen LogP contribution is -2.34. The lowest BCUT2D eigenvalue weighted by atomic mass is 10.5. The Balaban J connectivity index is 0.000000217. The molecule has 1 rings (SSSR count). The lowest BCUT2D eigenvalue weighted by molar-refractivity contribution is 0.110. The van der Waals surface area contributed by atoms with Gasteiger partial charge in [-0.1, -0.05) is 0 Å². The quantitative estimate of drug-likeness (QED) is 0.231. The fraction of sp³-hybridized carbons (Fsp3) is 0. The van der Waals surface area contributed by atoms with Gasteiger partial charge in [-0.25, -0.2) is 10.6 Å². The van der Waals surface area contributed by atoms with Crippen molar-refractivity contribution in [2.45, 2.75) is 0 Å². The highest BCUT2D eigenvalue weighted by Crippen LogP contribution is 1.92. The number of nitrogens with two attached hydrogens (primary N) is 2. The van der Waals surface area contributed by atoms with Crippen LogP contribution in [0.15, 0.2) is 22.8 Å². The van der Waals surface area contributed by atoms with E-state index in [0.29, 0.717) is 12.0 Å². The van der Waals surface area contributed by atoms with Gasteiger partial charge in [0.25, 0.3) is 0 Å². The van der Waals surface area contributed by atoms with Crippen molar-refractivity contribution in [3.63, 3.8) is 0 Å². The molecule has 0 aliphatic rings. The van der Waals surface area contributed by atoms with Gasteiger partial charge in [-0.2, -0.15) is 0 Å². The number of rotatable bonds is 1. The minimum absolute atomic E-state index is 0.375. The van der Waals surface area contributed by atoms with Gasteiger partial charge in [0.05, 0.1) is 6.26 Å². The van der Waals surface area contributed by atoms with Gasteiger partial charge in [-0.3, -0.25) is 10.2 Å². The number of amides is 2. The van der Waals surface area contributed by atoms with Crippen LogP contribution in [0, 0.1) is 0 Å². The molecule has 0 fully saturated rings. The Labute approximate surface area is 68.5 Å². The van der Waals surface area contributed by atoms with E-state index < -0.39 is 6.03 Å². The van der Waals surface area contributed by atoms with Crippen LogP contribution in [0.2, 0.25) is 0 Å². The van der Waals surface area contributed by atoms with E-state index >= 15 is 0 Å². The van der Waals surface area contributed by atoms with Crippen LogP contribution >= 0.6 is 0 Å². The number of hydrogen-bond acceptors (Lipinski definition) is 4. The van der Waals surface area contributed by atoms with Crippen LogP contribution in [0.5, 0.6) is 0 Å². The Hall–Kier alpha value is -1.82. The highest BCUT2D eigenvalue weighted by molar-refractivity contribution is 5.70. The summed E-state index contributed by atoms with van der Waals surface area (Å²) in [5.74, 6) is 4.82. The molecule has 12 heavy (non-hydrogen) atoms. The third-order valence-corrected chi connectivity index (χ3v) is 0.802. The molecule has 1 heterocycles. The predicted molar refractivity (Wildman–Crippen MR) is 41.0 cm³/mol. The molecule has 2 amide bonds. The van der Waals surface area contributed by atoms with Gasteiger partial charge in [-0.15, -0.1) is 0 Å². The molecule has 0 aliphatic carbocycles. The Kier molecular flexibility index (Phi) is 5.03. The van der Waals surface area contributed by atoms with Crippen molar-refractivity contribution in [2.75, 3.05) is 0 Å². The normalized spacial score (nSPS) is 7.75. The van der Waals surface area contributed by atoms with E-state index in [4.69, 9.17) is 0 Å². The van der Waals surface area contributed by atoms with E-state index in [1.54, 1.807) is 17.6 Å². The van der Waals surface area contributed by atoms with Crippen molar-refractivity contribution in [3.05, 3.63) is 24.2 Å². The third kappa shape index (κ3) is 5.00. The van der Waals surface area contributed by atoms with E-state index in [-0.39, 0.29) is 0 Å². The Morgan fingerprint density at radius 1 is 1.67 bits per heavy atom. The topological polar surface area (TPSA) is 111 Å². The second kappa shape index (κ2) is 5.93. The average Bonchev–Trinajstić information content (AvgIpc) is 2.57. The number of primary amides is 1. The fourth-order valence-electron chi connectivity index (χ4n) is 0.358. The van der Waals surface area contributed by atoms with Crippen LogP contribution < -0.4 is 17.0 Å². The third-order valence-electron chi connectivity index (χ3n) is 0.802. The van der Waals surface area contributed by atoms with E-state index in [9.17, 15) is 9.59 Å². The number of nitrogens with one attached hydrogen (secondary N) is 1. The highest BCUT2D eigenvalue weighted by atomic mass is 16.3. The first-order valence-electron chi connectivity index (χ1n) is 2.95. The molecule has 6 heteroatoms.